The van der Waals surface area contributed by atoms with Crippen molar-refractivity contribution in [3.05, 3.63) is 94.9 Å². The maximum Gasteiger partial charge on any atom is 0.152 e. The molecule has 3 aromatic carbocycles. The summed E-state index contributed by atoms with van der Waals surface area (Å²) in [4.78, 5) is 1.10. The van der Waals surface area contributed by atoms with E-state index in [2.05, 4.69) is 92.9 Å². The van der Waals surface area contributed by atoms with Crippen molar-refractivity contribution in [1.29, 1.82) is 0 Å². The highest BCUT2D eigenvalue weighted by molar-refractivity contribution is 7.99. The summed E-state index contributed by atoms with van der Waals surface area (Å²) in [5, 5.41) is 16.0. The molecule has 0 saturated heterocycles. The lowest BCUT2D eigenvalue weighted by Gasteiger charge is -2.14. The second kappa shape index (κ2) is 12.3. The van der Waals surface area contributed by atoms with Gasteiger partial charge < -0.3 is 9.30 Å². The Bertz CT molecular complexity index is 1440. The zero-order valence-corrected chi connectivity index (χ0v) is 22.4. The molecule has 0 aliphatic rings. The number of aromatic nitrogens is 5. The topological polar surface area (TPSA) is 68.6 Å². The number of H-pyrrole nitrogens is 1. The summed E-state index contributed by atoms with van der Waals surface area (Å²) < 4.78 is 8.54. The van der Waals surface area contributed by atoms with Crippen molar-refractivity contribution in [2.75, 3.05) is 12.4 Å². The molecule has 0 bridgehead atoms. The second-order valence-electron chi connectivity index (χ2n) is 8.94. The molecular weight excluding hydrogens is 502 g/mol. The molecule has 8 heteroatoms. The fourth-order valence-corrected chi connectivity index (χ4v) is 5.80. The number of hydrogen-bond acceptors (Lipinski definition) is 5. The van der Waals surface area contributed by atoms with Crippen LogP contribution in [0.25, 0.3) is 16.6 Å². The van der Waals surface area contributed by atoms with Crippen LogP contribution >= 0.6 is 23.4 Å². The third-order valence-electron chi connectivity index (χ3n) is 6.29. The van der Waals surface area contributed by atoms with Crippen molar-refractivity contribution in [3.8, 4) is 11.4 Å². The molecule has 0 aliphatic heterocycles. The molecule has 5 rings (SSSR count). The van der Waals surface area contributed by atoms with Crippen molar-refractivity contribution >= 4 is 34.3 Å². The van der Waals surface area contributed by atoms with Gasteiger partial charge in [0.2, 0.25) is 0 Å². The molecule has 1 N–H and O–H groups in total. The van der Waals surface area contributed by atoms with E-state index in [1.165, 1.54) is 22.2 Å². The summed E-state index contributed by atoms with van der Waals surface area (Å²) in [5.74, 6) is 2.73. The van der Waals surface area contributed by atoms with E-state index < -0.39 is 0 Å². The molecule has 0 radical (unpaired) electrons. The first-order chi connectivity index (χ1) is 18.2. The lowest BCUT2D eigenvalue weighted by atomic mass is 10.0. The SMILES string of the molecule is CCCc1c(OCCCCSc2ccc(Cc3nnn[nH]3)cc2Cl)ccc2c1ccn2-c1ccccc1. The molecule has 2 heterocycles. The largest absolute Gasteiger partial charge is 0.493 e. The van der Waals surface area contributed by atoms with E-state index in [4.69, 9.17) is 16.3 Å². The van der Waals surface area contributed by atoms with Crippen LogP contribution in [0, 0.1) is 0 Å². The van der Waals surface area contributed by atoms with E-state index in [1.807, 2.05) is 12.1 Å². The maximum absolute atomic E-state index is 6.52. The van der Waals surface area contributed by atoms with Crippen LogP contribution in [-0.2, 0) is 12.8 Å². The smallest absolute Gasteiger partial charge is 0.152 e. The predicted molar refractivity (Wildman–Crippen MR) is 151 cm³/mol. The quantitative estimate of drug-likeness (QED) is 0.135. The average Bonchev–Trinajstić information content (AvgIpc) is 3.59. The molecule has 0 saturated carbocycles. The number of thioether (sulfide) groups is 1. The summed E-state index contributed by atoms with van der Waals surface area (Å²) in [7, 11) is 0. The highest BCUT2D eigenvalue weighted by Crippen LogP contribution is 2.32. The molecule has 0 spiro atoms. The molecule has 5 aromatic rings. The van der Waals surface area contributed by atoms with Gasteiger partial charge >= 0.3 is 0 Å². The third-order valence-corrected chi connectivity index (χ3v) is 7.87. The van der Waals surface area contributed by atoms with Gasteiger partial charge in [0.25, 0.3) is 0 Å². The van der Waals surface area contributed by atoms with Crippen LogP contribution in [-0.4, -0.2) is 37.6 Å². The Labute approximate surface area is 226 Å². The summed E-state index contributed by atoms with van der Waals surface area (Å²) in [6, 6.07) is 23.2. The van der Waals surface area contributed by atoms with E-state index in [-0.39, 0.29) is 0 Å². The van der Waals surface area contributed by atoms with E-state index in [9.17, 15) is 0 Å². The van der Waals surface area contributed by atoms with Crippen molar-refractivity contribution in [1.82, 2.24) is 25.2 Å². The summed E-state index contributed by atoms with van der Waals surface area (Å²) in [5.41, 5.74) is 4.78. The van der Waals surface area contributed by atoms with Gasteiger partial charge in [0.15, 0.2) is 5.82 Å². The fourth-order valence-electron chi connectivity index (χ4n) is 4.50. The third kappa shape index (κ3) is 6.17. The van der Waals surface area contributed by atoms with Crippen LogP contribution in [0.1, 0.15) is 43.1 Å². The highest BCUT2D eigenvalue weighted by Gasteiger charge is 2.12. The standard InChI is InChI=1S/C29H30ClN5OS/c1-2-8-24-23-15-16-35(22-9-4-3-5-10-22)26(23)12-13-27(24)36-17-6-7-18-37-28-14-11-21(19-25(28)30)20-29-31-33-34-32-29/h3-5,9-16,19H,2,6-8,17-18,20H2,1H3,(H,31,32,33,34). The minimum Gasteiger partial charge on any atom is -0.493 e. The molecule has 0 atom stereocenters. The Morgan fingerprint density at radius 1 is 1.03 bits per heavy atom. The van der Waals surface area contributed by atoms with Gasteiger partial charge in [-0.15, -0.1) is 16.9 Å². The zero-order valence-electron chi connectivity index (χ0n) is 20.9. The molecule has 0 unspecified atom stereocenters. The number of nitrogens with one attached hydrogen (secondary N) is 1. The monoisotopic (exact) mass is 531 g/mol. The zero-order chi connectivity index (χ0) is 25.5. The number of halogens is 1. The van der Waals surface area contributed by atoms with Crippen LogP contribution in [0.15, 0.2) is 77.8 Å². The highest BCUT2D eigenvalue weighted by atomic mass is 35.5. The van der Waals surface area contributed by atoms with E-state index in [1.54, 1.807) is 11.8 Å². The average molecular weight is 532 g/mol. The maximum atomic E-state index is 6.52. The van der Waals surface area contributed by atoms with Gasteiger partial charge in [0, 0.05) is 34.2 Å². The molecule has 2 aromatic heterocycles. The number of tetrazole rings is 1. The van der Waals surface area contributed by atoms with Crippen LogP contribution in [0.4, 0.5) is 0 Å². The van der Waals surface area contributed by atoms with Gasteiger partial charge in [0.1, 0.15) is 5.75 Å². The van der Waals surface area contributed by atoms with Gasteiger partial charge in [-0.25, -0.2) is 5.10 Å². The minimum atomic E-state index is 0.637. The Balaban J connectivity index is 1.14. The van der Waals surface area contributed by atoms with Crippen LogP contribution < -0.4 is 4.74 Å². The summed E-state index contributed by atoms with van der Waals surface area (Å²) >= 11 is 8.30. The Kier molecular flexibility index (Phi) is 8.43. The lowest BCUT2D eigenvalue weighted by Crippen LogP contribution is -2.02. The normalized spacial score (nSPS) is 11.3. The van der Waals surface area contributed by atoms with Crippen LogP contribution in [0.5, 0.6) is 5.75 Å². The molecule has 0 aliphatic carbocycles. The fraction of sp³-hybridized carbons (Fsp3) is 0.276. The first kappa shape index (κ1) is 25.4. The summed E-state index contributed by atoms with van der Waals surface area (Å²) in [6.07, 6.45) is 6.93. The van der Waals surface area contributed by atoms with Crippen molar-refractivity contribution in [2.45, 2.75) is 43.9 Å². The Morgan fingerprint density at radius 3 is 2.70 bits per heavy atom. The number of para-hydroxylation sites is 1. The molecule has 37 heavy (non-hydrogen) atoms. The predicted octanol–water partition coefficient (Wildman–Crippen LogP) is 7.29. The molecule has 0 fully saturated rings. The number of aromatic amines is 1. The number of fused-ring (bicyclic) bond motifs is 1. The Hall–Kier alpha value is -3.29. The van der Waals surface area contributed by atoms with Crippen molar-refractivity contribution < 1.29 is 4.74 Å². The van der Waals surface area contributed by atoms with Gasteiger partial charge in [0.05, 0.1) is 17.1 Å². The molecule has 190 valence electrons. The van der Waals surface area contributed by atoms with Crippen LogP contribution in [0.3, 0.4) is 0 Å². The van der Waals surface area contributed by atoms with Crippen molar-refractivity contribution in [2.24, 2.45) is 0 Å². The van der Waals surface area contributed by atoms with E-state index in [0.717, 1.165) is 58.5 Å². The number of rotatable bonds is 12. The lowest BCUT2D eigenvalue weighted by molar-refractivity contribution is 0.307. The number of benzene rings is 3. The minimum absolute atomic E-state index is 0.637. The van der Waals surface area contributed by atoms with Crippen LogP contribution in [0.2, 0.25) is 5.02 Å². The number of aryl methyl sites for hydroxylation is 1. The van der Waals surface area contributed by atoms with Gasteiger partial charge in [-0.1, -0.05) is 49.2 Å². The number of unbranched alkanes of at least 4 members (excludes halogenated alkanes) is 1. The number of nitrogens with zero attached hydrogens (tertiary/aromatic N) is 4. The summed E-state index contributed by atoms with van der Waals surface area (Å²) in [6.45, 7) is 2.93. The molecule has 6 nitrogen and oxygen atoms in total. The van der Waals surface area contributed by atoms with E-state index in [0.29, 0.717) is 13.0 Å². The number of hydrogen-bond donors (Lipinski definition) is 1. The first-order valence-electron chi connectivity index (χ1n) is 12.7. The van der Waals surface area contributed by atoms with E-state index >= 15 is 0 Å². The Morgan fingerprint density at radius 2 is 1.92 bits per heavy atom. The second-order valence-corrected chi connectivity index (χ2v) is 10.5. The van der Waals surface area contributed by atoms with Gasteiger partial charge in [-0.2, -0.15) is 0 Å². The first-order valence-corrected chi connectivity index (χ1v) is 14.0. The van der Waals surface area contributed by atoms with Gasteiger partial charge in [-0.3, -0.25) is 0 Å². The molecular formula is C29H30ClN5OS. The molecule has 0 amide bonds. The van der Waals surface area contributed by atoms with Crippen molar-refractivity contribution in [3.63, 3.8) is 0 Å². The number of ether oxygens (including phenoxy) is 1. The van der Waals surface area contributed by atoms with Gasteiger partial charge in [-0.05, 0) is 83.5 Å².